The third kappa shape index (κ3) is 3.43. The molecule has 2 N–H and O–H groups in total. The van der Waals surface area contributed by atoms with Crippen molar-refractivity contribution >= 4 is 11.6 Å². The second-order valence-electron chi connectivity index (χ2n) is 5.78. The lowest BCUT2D eigenvalue weighted by molar-refractivity contribution is 0.146. The van der Waals surface area contributed by atoms with E-state index in [9.17, 15) is 0 Å². The van der Waals surface area contributed by atoms with Crippen LogP contribution in [0.4, 0.5) is 0 Å². The highest BCUT2D eigenvalue weighted by Crippen LogP contribution is 2.26. The molecule has 1 saturated heterocycles. The Labute approximate surface area is 129 Å². The van der Waals surface area contributed by atoms with Crippen molar-refractivity contribution in [3.05, 3.63) is 35.2 Å². The molecule has 2 atom stereocenters. The largest absolute Gasteiger partial charge is 0.419 e. The van der Waals surface area contributed by atoms with Crippen LogP contribution < -0.4 is 5.73 Å². The van der Waals surface area contributed by atoms with Gasteiger partial charge in [-0.05, 0) is 24.5 Å². The van der Waals surface area contributed by atoms with Gasteiger partial charge >= 0.3 is 0 Å². The number of halogens is 1. The van der Waals surface area contributed by atoms with Gasteiger partial charge in [-0.2, -0.15) is 0 Å². The molecule has 0 spiro atoms. The van der Waals surface area contributed by atoms with Gasteiger partial charge in [0, 0.05) is 19.1 Å². The highest BCUT2D eigenvalue weighted by atomic mass is 35.5. The second kappa shape index (κ2) is 6.13. The molecule has 21 heavy (non-hydrogen) atoms. The van der Waals surface area contributed by atoms with Gasteiger partial charge < -0.3 is 10.2 Å². The average Bonchev–Trinajstić information content (AvgIpc) is 2.86. The first-order valence-electron chi connectivity index (χ1n) is 7.17. The first-order chi connectivity index (χ1) is 10.1. The van der Waals surface area contributed by atoms with Gasteiger partial charge in [0.05, 0.1) is 17.1 Å². The van der Waals surface area contributed by atoms with Crippen LogP contribution in [0, 0.1) is 5.92 Å². The standard InChI is InChI=1S/C15H19ClN4O/c1-10-6-11(17)8-20(7-10)9-14-18-19-15(21-14)12-4-2-3-5-13(12)16/h2-5,10-11H,6-9,17H2,1H3. The van der Waals surface area contributed by atoms with E-state index in [4.69, 9.17) is 21.8 Å². The van der Waals surface area contributed by atoms with Gasteiger partial charge in [-0.1, -0.05) is 30.7 Å². The Balaban J connectivity index is 1.72. The fourth-order valence-corrected chi connectivity index (χ4v) is 3.11. The zero-order valence-electron chi connectivity index (χ0n) is 12.0. The molecule has 1 aliphatic rings. The molecule has 2 aromatic rings. The van der Waals surface area contributed by atoms with Crippen molar-refractivity contribution in [1.82, 2.24) is 15.1 Å². The number of likely N-dealkylation sites (tertiary alicyclic amines) is 1. The third-order valence-electron chi connectivity index (χ3n) is 3.70. The van der Waals surface area contributed by atoms with Gasteiger partial charge in [0.25, 0.3) is 0 Å². The van der Waals surface area contributed by atoms with Crippen molar-refractivity contribution in [2.24, 2.45) is 11.7 Å². The lowest BCUT2D eigenvalue weighted by Crippen LogP contribution is -2.45. The van der Waals surface area contributed by atoms with Crippen LogP contribution in [0.15, 0.2) is 28.7 Å². The normalized spacial score (nSPS) is 23.4. The summed E-state index contributed by atoms with van der Waals surface area (Å²) in [4.78, 5) is 2.27. The number of benzene rings is 1. The van der Waals surface area contributed by atoms with Crippen LogP contribution in [-0.2, 0) is 6.54 Å². The van der Waals surface area contributed by atoms with Crippen LogP contribution in [0.25, 0.3) is 11.5 Å². The topological polar surface area (TPSA) is 68.2 Å². The molecule has 2 unspecified atom stereocenters. The van der Waals surface area contributed by atoms with Gasteiger partial charge in [0.15, 0.2) is 0 Å². The first-order valence-corrected chi connectivity index (χ1v) is 7.55. The van der Waals surface area contributed by atoms with Gasteiger partial charge in [-0.3, -0.25) is 4.90 Å². The van der Waals surface area contributed by atoms with E-state index in [1.165, 1.54) is 0 Å². The molecule has 1 aromatic carbocycles. The van der Waals surface area contributed by atoms with Crippen molar-refractivity contribution in [3.8, 4) is 11.5 Å². The maximum absolute atomic E-state index is 6.14. The summed E-state index contributed by atoms with van der Waals surface area (Å²) in [5.41, 5.74) is 6.82. The molecular formula is C15H19ClN4O. The second-order valence-corrected chi connectivity index (χ2v) is 6.18. The predicted octanol–water partition coefficient (Wildman–Crippen LogP) is 2.56. The molecule has 0 aliphatic carbocycles. The number of nitrogens with two attached hydrogens (primary N) is 1. The Morgan fingerprint density at radius 3 is 2.90 bits per heavy atom. The number of rotatable bonds is 3. The van der Waals surface area contributed by atoms with Gasteiger partial charge in [-0.15, -0.1) is 10.2 Å². The van der Waals surface area contributed by atoms with Crippen LogP contribution in [0.5, 0.6) is 0 Å². The summed E-state index contributed by atoms with van der Waals surface area (Å²) in [6, 6.07) is 7.68. The highest BCUT2D eigenvalue weighted by molar-refractivity contribution is 6.33. The van der Waals surface area contributed by atoms with Crippen LogP contribution in [0.3, 0.4) is 0 Å². The van der Waals surface area contributed by atoms with Crippen molar-refractivity contribution in [1.29, 1.82) is 0 Å². The molecule has 0 saturated carbocycles. The summed E-state index contributed by atoms with van der Waals surface area (Å²) < 4.78 is 5.73. The van der Waals surface area contributed by atoms with E-state index in [2.05, 4.69) is 22.0 Å². The Kier molecular flexibility index (Phi) is 4.24. The van der Waals surface area contributed by atoms with E-state index in [1.54, 1.807) is 0 Å². The van der Waals surface area contributed by atoms with E-state index < -0.39 is 0 Å². The summed E-state index contributed by atoms with van der Waals surface area (Å²) in [6.07, 6.45) is 1.07. The Bertz CT molecular complexity index is 605. The molecule has 5 nitrogen and oxygen atoms in total. The molecule has 0 bridgehead atoms. The van der Waals surface area contributed by atoms with Crippen molar-refractivity contribution < 1.29 is 4.42 Å². The Hall–Kier alpha value is -1.43. The molecule has 2 heterocycles. The average molecular weight is 307 g/mol. The maximum Gasteiger partial charge on any atom is 0.249 e. The minimum Gasteiger partial charge on any atom is -0.419 e. The highest BCUT2D eigenvalue weighted by Gasteiger charge is 2.23. The van der Waals surface area contributed by atoms with Crippen molar-refractivity contribution in [2.75, 3.05) is 13.1 Å². The summed E-state index contributed by atoms with van der Waals surface area (Å²) in [5.74, 6) is 1.66. The number of hydrogen-bond donors (Lipinski definition) is 1. The van der Waals surface area contributed by atoms with E-state index in [1.807, 2.05) is 24.3 Å². The monoisotopic (exact) mass is 306 g/mol. The minimum absolute atomic E-state index is 0.222. The van der Waals surface area contributed by atoms with E-state index in [-0.39, 0.29) is 6.04 Å². The van der Waals surface area contributed by atoms with E-state index >= 15 is 0 Å². The molecular weight excluding hydrogens is 288 g/mol. The summed E-state index contributed by atoms with van der Waals surface area (Å²) in [6.45, 7) is 4.73. The molecule has 1 aromatic heterocycles. The number of piperidine rings is 1. The maximum atomic E-state index is 6.14. The van der Waals surface area contributed by atoms with Crippen molar-refractivity contribution in [2.45, 2.75) is 25.9 Å². The zero-order chi connectivity index (χ0) is 14.8. The molecule has 3 rings (SSSR count). The molecule has 112 valence electrons. The SMILES string of the molecule is CC1CC(N)CN(Cc2nnc(-c3ccccc3Cl)o2)C1. The number of aromatic nitrogens is 2. The molecule has 0 amide bonds. The number of hydrogen-bond acceptors (Lipinski definition) is 5. The molecule has 0 radical (unpaired) electrons. The van der Waals surface area contributed by atoms with E-state index in [0.717, 1.165) is 25.1 Å². The van der Waals surface area contributed by atoms with Gasteiger partial charge in [0.2, 0.25) is 11.8 Å². The van der Waals surface area contributed by atoms with Crippen LogP contribution in [-0.4, -0.2) is 34.2 Å². The molecule has 1 aliphatic heterocycles. The van der Waals surface area contributed by atoms with Gasteiger partial charge in [0.1, 0.15) is 0 Å². The summed E-state index contributed by atoms with van der Waals surface area (Å²) in [5, 5.41) is 8.82. The quantitative estimate of drug-likeness (QED) is 0.944. The molecule has 1 fully saturated rings. The lowest BCUT2D eigenvalue weighted by Gasteiger charge is -2.33. The third-order valence-corrected chi connectivity index (χ3v) is 4.03. The fraction of sp³-hybridized carbons (Fsp3) is 0.467. The summed E-state index contributed by atoms with van der Waals surface area (Å²) >= 11 is 6.14. The van der Waals surface area contributed by atoms with Crippen LogP contribution >= 0.6 is 11.6 Å². The fourth-order valence-electron chi connectivity index (χ4n) is 2.89. The molecule has 6 heteroatoms. The van der Waals surface area contributed by atoms with E-state index in [0.29, 0.717) is 29.3 Å². The Morgan fingerprint density at radius 2 is 2.14 bits per heavy atom. The smallest absolute Gasteiger partial charge is 0.249 e. The Morgan fingerprint density at radius 1 is 1.33 bits per heavy atom. The lowest BCUT2D eigenvalue weighted by atomic mass is 9.97. The first kappa shape index (κ1) is 14.5. The predicted molar refractivity (Wildman–Crippen MR) is 81.8 cm³/mol. The summed E-state index contributed by atoms with van der Waals surface area (Å²) in [7, 11) is 0. The van der Waals surface area contributed by atoms with Crippen molar-refractivity contribution in [3.63, 3.8) is 0 Å². The zero-order valence-corrected chi connectivity index (χ0v) is 12.8. The number of nitrogens with zero attached hydrogens (tertiary/aromatic N) is 3. The van der Waals surface area contributed by atoms with Crippen LogP contribution in [0.2, 0.25) is 5.02 Å². The van der Waals surface area contributed by atoms with Gasteiger partial charge in [-0.25, -0.2) is 0 Å². The minimum atomic E-state index is 0.222. The van der Waals surface area contributed by atoms with Crippen LogP contribution in [0.1, 0.15) is 19.2 Å².